The topological polar surface area (TPSA) is 56.1 Å². The Labute approximate surface area is 130 Å². The van der Waals surface area contributed by atoms with Gasteiger partial charge >= 0.3 is 0 Å². The highest BCUT2D eigenvalue weighted by atomic mass is 16.5. The Morgan fingerprint density at radius 2 is 1.91 bits per heavy atom. The highest BCUT2D eigenvalue weighted by Gasteiger charge is 2.11. The van der Waals surface area contributed by atoms with Crippen LogP contribution in [0, 0.1) is 20.8 Å². The number of para-hydroxylation sites is 1. The molecule has 0 aliphatic carbocycles. The Balaban J connectivity index is 2.38. The third-order valence-corrected chi connectivity index (χ3v) is 3.61. The van der Waals surface area contributed by atoms with Crippen LogP contribution in [0.1, 0.15) is 22.5 Å². The van der Waals surface area contributed by atoms with E-state index in [1.165, 1.54) is 0 Å². The number of nitrogens with zero attached hydrogens (tertiary/aromatic N) is 2. The molecule has 1 aromatic heterocycles. The monoisotopic (exact) mass is 301 g/mol. The lowest BCUT2D eigenvalue weighted by atomic mass is 10.1. The summed E-state index contributed by atoms with van der Waals surface area (Å²) in [5.74, 6) is 0. The van der Waals surface area contributed by atoms with Crippen molar-refractivity contribution in [2.45, 2.75) is 27.3 Å². The first-order valence-electron chi connectivity index (χ1n) is 7.40. The van der Waals surface area contributed by atoms with Crippen LogP contribution in [0.4, 0.5) is 0 Å². The summed E-state index contributed by atoms with van der Waals surface area (Å²) in [6, 6.07) is 7.78. The van der Waals surface area contributed by atoms with Crippen molar-refractivity contribution < 1.29 is 4.74 Å². The number of aromatic nitrogens is 2. The summed E-state index contributed by atoms with van der Waals surface area (Å²) in [6.45, 7) is 7.75. The van der Waals surface area contributed by atoms with Gasteiger partial charge in [0.1, 0.15) is 5.69 Å². The molecule has 118 valence electrons. The van der Waals surface area contributed by atoms with Crippen LogP contribution < -0.4 is 10.7 Å². The van der Waals surface area contributed by atoms with Gasteiger partial charge in [0.25, 0.3) is 0 Å². The van der Waals surface area contributed by atoms with Crippen molar-refractivity contribution in [3.05, 3.63) is 57.0 Å². The molecule has 0 saturated carbocycles. The fourth-order valence-corrected chi connectivity index (χ4v) is 2.45. The number of aryl methyl sites for hydroxylation is 3. The Morgan fingerprint density at radius 1 is 1.23 bits per heavy atom. The molecule has 1 N–H and O–H groups in total. The van der Waals surface area contributed by atoms with Crippen molar-refractivity contribution in [1.82, 2.24) is 15.1 Å². The Hall–Kier alpha value is -1.98. The number of nitrogens with one attached hydrogen (secondary N) is 1. The van der Waals surface area contributed by atoms with Crippen LogP contribution in [-0.2, 0) is 11.3 Å². The fourth-order valence-electron chi connectivity index (χ4n) is 2.45. The van der Waals surface area contributed by atoms with Crippen LogP contribution in [0.15, 0.2) is 29.1 Å². The maximum Gasteiger partial charge on any atom is 0.204 e. The summed E-state index contributed by atoms with van der Waals surface area (Å²) in [5, 5.41) is 7.73. The van der Waals surface area contributed by atoms with Crippen LogP contribution in [0.3, 0.4) is 0 Å². The normalized spacial score (nSPS) is 10.9. The third kappa shape index (κ3) is 3.61. The van der Waals surface area contributed by atoms with Gasteiger partial charge in [-0.1, -0.05) is 18.2 Å². The van der Waals surface area contributed by atoms with Gasteiger partial charge < -0.3 is 10.1 Å². The number of benzene rings is 1. The summed E-state index contributed by atoms with van der Waals surface area (Å²) in [4.78, 5) is 12.1. The molecule has 1 aromatic carbocycles. The molecule has 0 spiro atoms. The minimum atomic E-state index is -0.0371. The molecule has 0 amide bonds. The lowest BCUT2D eigenvalue weighted by molar-refractivity contribution is 0.199. The van der Waals surface area contributed by atoms with Crippen LogP contribution >= 0.6 is 0 Å². The Kier molecular flexibility index (Phi) is 5.46. The standard InChI is InChI=1S/C17H23N3O2/c1-12-6-5-7-13(2)17(12)20-14(3)10-16(21)15(19-20)11-18-8-9-22-4/h5-7,10,18H,8-9,11H2,1-4H3. The van der Waals surface area contributed by atoms with Crippen molar-refractivity contribution in [3.63, 3.8) is 0 Å². The first-order chi connectivity index (χ1) is 10.5. The molecule has 0 radical (unpaired) electrons. The third-order valence-electron chi connectivity index (χ3n) is 3.61. The smallest absolute Gasteiger partial charge is 0.204 e. The van der Waals surface area contributed by atoms with Crippen LogP contribution in [-0.4, -0.2) is 30.0 Å². The van der Waals surface area contributed by atoms with Crippen molar-refractivity contribution in [2.75, 3.05) is 20.3 Å². The van der Waals surface area contributed by atoms with Gasteiger partial charge in [-0.05, 0) is 31.9 Å². The SMILES string of the molecule is COCCNCc1nn(-c2c(C)cccc2C)c(C)cc1=O. The van der Waals surface area contributed by atoms with Gasteiger partial charge in [0, 0.05) is 32.0 Å². The van der Waals surface area contributed by atoms with Gasteiger partial charge in [0.15, 0.2) is 0 Å². The first-order valence-corrected chi connectivity index (χ1v) is 7.40. The average molecular weight is 301 g/mol. The minimum absolute atomic E-state index is 0.0371. The highest BCUT2D eigenvalue weighted by Crippen LogP contribution is 2.18. The summed E-state index contributed by atoms with van der Waals surface area (Å²) in [6.07, 6.45) is 0. The Morgan fingerprint density at radius 3 is 2.55 bits per heavy atom. The van der Waals surface area contributed by atoms with E-state index in [1.807, 2.05) is 17.7 Å². The summed E-state index contributed by atoms with van der Waals surface area (Å²) >= 11 is 0. The molecular formula is C17H23N3O2. The van der Waals surface area contributed by atoms with Crippen molar-refractivity contribution in [1.29, 1.82) is 0 Å². The molecule has 0 fully saturated rings. The van der Waals surface area contributed by atoms with Crippen molar-refractivity contribution in [3.8, 4) is 5.69 Å². The zero-order chi connectivity index (χ0) is 16.1. The second-order valence-electron chi connectivity index (χ2n) is 5.42. The molecule has 0 atom stereocenters. The van der Waals surface area contributed by atoms with Gasteiger partial charge in [-0.25, -0.2) is 4.68 Å². The second-order valence-corrected chi connectivity index (χ2v) is 5.42. The summed E-state index contributed by atoms with van der Waals surface area (Å²) in [5.41, 5.74) is 4.63. The summed E-state index contributed by atoms with van der Waals surface area (Å²) in [7, 11) is 1.65. The van der Waals surface area contributed by atoms with E-state index in [2.05, 4.69) is 36.4 Å². The molecule has 0 aliphatic rings. The maximum atomic E-state index is 12.1. The number of hydrogen-bond donors (Lipinski definition) is 1. The number of hydrogen-bond acceptors (Lipinski definition) is 4. The lowest BCUT2D eigenvalue weighted by Crippen LogP contribution is -2.26. The average Bonchev–Trinajstić information content (AvgIpc) is 2.47. The van der Waals surface area contributed by atoms with Crippen LogP contribution in [0.25, 0.3) is 5.69 Å². The largest absolute Gasteiger partial charge is 0.383 e. The van der Waals surface area contributed by atoms with Crippen molar-refractivity contribution in [2.24, 2.45) is 0 Å². The molecule has 0 aliphatic heterocycles. The molecule has 22 heavy (non-hydrogen) atoms. The van der Waals surface area contributed by atoms with Crippen molar-refractivity contribution >= 4 is 0 Å². The first kappa shape index (κ1) is 16.4. The van der Waals surface area contributed by atoms with E-state index >= 15 is 0 Å². The molecule has 0 bridgehead atoms. The number of ether oxygens (including phenoxy) is 1. The predicted molar refractivity (Wildman–Crippen MR) is 87.6 cm³/mol. The van der Waals surface area contributed by atoms with Crippen LogP contribution in [0.5, 0.6) is 0 Å². The molecule has 2 aromatic rings. The van der Waals surface area contributed by atoms with Gasteiger partial charge in [-0.2, -0.15) is 5.10 Å². The van der Waals surface area contributed by atoms with E-state index in [0.29, 0.717) is 25.4 Å². The molecule has 1 heterocycles. The van der Waals surface area contributed by atoms with Gasteiger partial charge in [-0.15, -0.1) is 0 Å². The zero-order valence-electron chi connectivity index (χ0n) is 13.6. The molecular weight excluding hydrogens is 278 g/mol. The zero-order valence-corrected chi connectivity index (χ0v) is 13.6. The quantitative estimate of drug-likeness (QED) is 0.828. The highest BCUT2D eigenvalue weighted by molar-refractivity contribution is 5.47. The lowest BCUT2D eigenvalue weighted by Gasteiger charge is -2.16. The van der Waals surface area contributed by atoms with Crippen LogP contribution in [0.2, 0.25) is 0 Å². The molecule has 5 nitrogen and oxygen atoms in total. The molecule has 0 saturated heterocycles. The summed E-state index contributed by atoms with van der Waals surface area (Å²) < 4.78 is 6.85. The Bertz CT molecular complexity index is 687. The van der Waals surface area contributed by atoms with Gasteiger partial charge in [0.05, 0.1) is 12.3 Å². The predicted octanol–water partition coefficient (Wildman–Crippen LogP) is 1.89. The van der Waals surface area contributed by atoms with E-state index in [9.17, 15) is 4.79 Å². The van der Waals surface area contributed by atoms with E-state index in [4.69, 9.17) is 4.74 Å². The van der Waals surface area contributed by atoms with E-state index in [1.54, 1.807) is 13.2 Å². The van der Waals surface area contributed by atoms with E-state index < -0.39 is 0 Å². The van der Waals surface area contributed by atoms with E-state index in [0.717, 1.165) is 22.5 Å². The minimum Gasteiger partial charge on any atom is -0.383 e. The van der Waals surface area contributed by atoms with Gasteiger partial charge in [-0.3, -0.25) is 4.79 Å². The molecule has 0 unspecified atom stereocenters. The fraction of sp³-hybridized carbons (Fsp3) is 0.412. The number of rotatable bonds is 6. The molecule has 5 heteroatoms. The maximum absolute atomic E-state index is 12.1. The second kappa shape index (κ2) is 7.33. The van der Waals surface area contributed by atoms with Gasteiger partial charge in [0.2, 0.25) is 5.43 Å². The molecule has 2 rings (SSSR count). The van der Waals surface area contributed by atoms with E-state index in [-0.39, 0.29) is 5.43 Å². The number of methoxy groups -OCH3 is 1.